The van der Waals surface area contributed by atoms with Gasteiger partial charge in [-0.2, -0.15) is 5.26 Å². The van der Waals surface area contributed by atoms with E-state index < -0.39 is 5.92 Å². The maximum Gasteiger partial charge on any atom is 0.244 e. The van der Waals surface area contributed by atoms with Gasteiger partial charge in [-0.15, -0.1) is 16.4 Å². The monoisotopic (exact) mass is 388 g/mol. The summed E-state index contributed by atoms with van der Waals surface area (Å²) in [5.74, 6) is -0.0503. The third kappa shape index (κ3) is 2.57. The predicted molar refractivity (Wildman–Crippen MR) is 97.7 cm³/mol. The minimum absolute atomic E-state index is 0.0373. The van der Waals surface area contributed by atoms with Gasteiger partial charge in [-0.05, 0) is 29.1 Å². The summed E-state index contributed by atoms with van der Waals surface area (Å²) in [7, 11) is 0. The zero-order chi connectivity index (χ0) is 17.6. The average Bonchev–Trinajstić information content (AvgIpc) is 3.25. The number of aromatic amines is 1. The Morgan fingerprint density at radius 3 is 2.80 bits per heavy atom. The molecule has 0 bridgehead atoms. The highest BCUT2D eigenvalue weighted by molar-refractivity contribution is 7.13. The van der Waals surface area contributed by atoms with Crippen LogP contribution in [0, 0.1) is 11.3 Å². The molecular formula is C17H10Cl2N4OS. The first kappa shape index (κ1) is 16.0. The Balaban J connectivity index is 1.97. The van der Waals surface area contributed by atoms with Crippen LogP contribution in [0.3, 0.4) is 0 Å². The number of halogens is 2. The predicted octanol–water partition coefficient (Wildman–Crippen LogP) is 4.66. The van der Waals surface area contributed by atoms with Gasteiger partial charge in [0.05, 0.1) is 32.1 Å². The topological polar surface area (TPSA) is 87.7 Å². The van der Waals surface area contributed by atoms with E-state index in [4.69, 9.17) is 33.7 Å². The maximum atomic E-state index is 9.65. The smallest absolute Gasteiger partial charge is 0.244 e. The van der Waals surface area contributed by atoms with Crippen molar-refractivity contribution in [3.63, 3.8) is 0 Å². The molecule has 1 aliphatic rings. The van der Waals surface area contributed by atoms with Gasteiger partial charge in [-0.1, -0.05) is 35.3 Å². The lowest BCUT2D eigenvalue weighted by molar-refractivity contribution is 0.379. The molecule has 1 aliphatic heterocycles. The van der Waals surface area contributed by atoms with Crippen molar-refractivity contribution in [1.82, 2.24) is 10.2 Å². The molecule has 0 saturated heterocycles. The van der Waals surface area contributed by atoms with Gasteiger partial charge in [0.1, 0.15) is 11.6 Å². The van der Waals surface area contributed by atoms with Crippen LogP contribution in [0.2, 0.25) is 10.0 Å². The van der Waals surface area contributed by atoms with Crippen LogP contribution in [0.1, 0.15) is 17.0 Å². The molecule has 1 atom stereocenters. The number of ether oxygens (including phenoxy) is 1. The third-order valence-electron chi connectivity index (χ3n) is 3.98. The van der Waals surface area contributed by atoms with Gasteiger partial charge in [0, 0.05) is 0 Å². The normalized spacial score (nSPS) is 16.3. The number of nitriles is 1. The minimum atomic E-state index is -0.445. The number of aromatic nitrogens is 2. The zero-order valence-corrected chi connectivity index (χ0v) is 14.9. The molecule has 0 fully saturated rings. The van der Waals surface area contributed by atoms with Crippen LogP contribution >= 0.6 is 34.5 Å². The largest absolute Gasteiger partial charge is 0.420 e. The Hall–Kier alpha value is -2.46. The standard InChI is InChI=1S/C17H10Cl2N4OS/c18-10-4-3-8(6-11(10)19)13-9(7-20)16(21)24-17-14(13)15(22-23-17)12-2-1-5-25-12/h1-6,13H,21H2,(H,22,23)/t13-/m0/s1. The van der Waals surface area contributed by atoms with Gasteiger partial charge in [-0.25, -0.2) is 0 Å². The van der Waals surface area contributed by atoms with E-state index in [0.717, 1.165) is 21.7 Å². The second-order valence-electron chi connectivity index (χ2n) is 5.39. The molecule has 124 valence electrons. The minimum Gasteiger partial charge on any atom is -0.420 e. The molecule has 0 saturated carbocycles. The molecule has 25 heavy (non-hydrogen) atoms. The van der Waals surface area contributed by atoms with E-state index in [1.54, 1.807) is 23.5 Å². The zero-order valence-electron chi connectivity index (χ0n) is 12.6. The van der Waals surface area contributed by atoms with Crippen molar-refractivity contribution in [2.75, 3.05) is 0 Å². The molecule has 0 aliphatic carbocycles. The number of fused-ring (bicyclic) bond motifs is 1. The summed E-state index contributed by atoms with van der Waals surface area (Å²) >= 11 is 13.8. The van der Waals surface area contributed by atoms with Crippen molar-refractivity contribution in [2.45, 2.75) is 5.92 Å². The van der Waals surface area contributed by atoms with Crippen molar-refractivity contribution < 1.29 is 4.74 Å². The van der Waals surface area contributed by atoms with E-state index in [1.165, 1.54) is 0 Å². The van der Waals surface area contributed by atoms with E-state index in [0.29, 0.717) is 21.5 Å². The number of nitrogens with one attached hydrogen (secondary N) is 1. The van der Waals surface area contributed by atoms with Gasteiger partial charge in [0.25, 0.3) is 0 Å². The maximum absolute atomic E-state index is 9.65. The van der Waals surface area contributed by atoms with E-state index >= 15 is 0 Å². The summed E-state index contributed by atoms with van der Waals surface area (Å²) in [5, 5.41) is 19.7. The number of hydrogen-bond donors (Lipinski definition) is 2. The molecule has 0 spiro atoms. The Labute approximate surface area is 157 Å². The van der Waals surface area contributed by atoms with E-state index in [9.17, 15) is 5.26 Å². The number of allylic oxidation sites excluding steroid dienone is 1. The van der Waals surface area contributed by atoms with Crippen LogP contribution in [0.15, 0.2) is 47.2 Å². The highest BCUT2D eigenvalue weighted by atomic mass is 35.5. The molecule has 2 aromatic heterocycles. The van der Waals surface area contributed by atoms with Gasteiger partial charge in [0.2, 0.25) is 11.8 Å². The molecular weight excluding hydrogens is 379 g/mol. The Morgan fingerprint density at radius 1 is 1.28 bits per heavy atom. The SMILES string of the molecule is N#CC1=C(N)Oc2n[nH]c(-c3cccs3)c2[C@H]1c1ccc(Cl)c(Cl)c1. The summed E-state index contributed by atoms with van der Waals surface area (Å²) in [6.07, 6.45) is 0. The summed E-state index contributed by atoms with van der Waals surface area (Å²) in [6.45, 7) is 0. The lowest BCUT2D eigenvalue weighted by atomic mass is 9.84. The molecule has 4 rings (SSSR count). The molecule has 8 heteroatoms. The number of rotatable bonds is 2. The van der Waals surface area contributed by atoms with Crippen LogP contribution in [-0.4, -0.2) is 10.2 Å². The second kappa shape index (κ2) is 6.12. The molecule has 0 amide bonds. The number of thiophene rings is 1. The lowest BCUT2D eigenvalue weighted by Crippen LogP contribution is -2.20. The van der Waals surface area contributed by atoms with Crippen LogP contribution < -0.4 is 10.5 Å². The first-order chi connectivity index (χ1) is 12.1. The van der Waals surface area contributed by atoms with Crippen molar-refractivity contribution in [2.24, 2.45) is 5.73 Å². The lowest BCUT2D eigenvalue weighted by Gasteiger charge is -2.24. The molecule has 3 N–H and O–H groups in total. The highest BCUT2D eigenvalue weighted by Crippen LogP contribution is 2.46. The highest BCUT2D eigenvalue weighted by Gasteiger charge is 2.36. The molecule has 1 aromatic carbocycles. The Morgan fingerprint density at radius 2 is 2.12 bits per heavy atom. The van der Waals surface area contributed by atoms with E-state index in [2.05, 4.69) is 16.3 Å². The van der Waals surface area contributed by atoms with Crippen molar-refractivity contribution >= 4 is 34.5 Å². The molecule has 5 nitrogen and oxygen atoms in total. The van der Waals surface area contributed by atoms with Crippen LogP contribution in [-0.2, 0) is 0 Å². The molecule has 0 unspecified atom stereocenters. The summed E-state index contributed by atoms with van der Waals surface area (Å²) in [4.78, 5) is 0.986. The third-order valence-corrected chi connectivity index (χ3v) is 5.61. The number of nitrogens with two attached hydrogens (primary N) is 1. The summed E-state index contributed by atoms with van der Waals surface area (Å²) < 4.78 is 5.56. The summed E-state index contributed by atoms with van der Waals surface area (Å²) in [6, 6.07) is 11.3. The van der Waals surface area contributed by atoms with Gasteiger partial charge >= 0.3 is 0 Å². The quantitative estimate of drug-likeness (QED) is 0.667. The van der Waals surface area contributed by atoms with E-state index in [-0.39, 0.29) is 5.88 Å². The average molecular weight is 389 g/mol. The fourth-order valence-electron chi connectivity index (χ4n) is 2.88. The van der Waals surface area contributed by atoms with Crippen molar-refractivity contribution in [3.8, 4) is 22.5 Å². The van der Waals surface area contributed by atoms with Crippen molar-refractivity contribution in [3.05, 3.63) is 68.3 Å². The van der Waals surface area contributed by atoms with Crippen molar-refractivity contribution in [1.29, 1.82) is 5.26 Å². The fourth-order valence-corrected chi connectivity index (χ4v) is 3.92. The first-order valence-electron chi connectivity index (χ1n) is 7.24. The number of benzene rings is 1. The number of nitrogens with zero attached hydrogens (tertiary/aromatic N) is 2. The number of hydrogen-bond acceptors (Lipinski definition) is 5. The van der Waals surface area contributed by atoms with Gasteiger partial charge < -0.3 is 10.5 Å². The van der Waals surface area contributed by atoms with Gasteiger partial charge in [0.15, 0.2) is 0 Å². The Bertz CT molecular complexity index is 1030. The van der Waals surface area contributed by atoms with Crippen LogP contribution in [0.4, 0.5) is 0 Å². The Kier molecular flexibility index (Phi) is 3.92. The molecule has 0 radical (unpaired) electrons. The first-order valence-corrected chi connectivity index (χ1v) is 8.88. The number of H-pyrrole nitrogens is 1. The molecule has 3 heterocycles. The molecule has 3 aromatic rings. The second-order valence-corrected chi connectivity index (χ2v) is 7.16. The van der Waals surface area contributed by atoms with Crippen LogP contribution in [0.25, 0.3) is 10.6 Å². The van der Waals surface area contributed by atoms with Crippen LogP contribution in [0.5, 0.6) is 5.88 Å². The van der Waals surface area contributed by atoms with Gasteiger partial charge in [-0.3, -0.25) is 5.10 Å². The van der Waals surface area contributed by atoms with E-state index in [1.807, 2.05) is 23.6 Å². The summed E-state index contributed by atoms with van der Waals surface area (Å²) in [5.41, 5.74) is 8.60. The fraction of sp³-hybridized carbons (Fsp3) is 0.0588.